The number of nitrogens with zero attached hydrogens (tertiary/aromatic N) is 3. The van der Waals surface area contributed by atoms with E-state index in [0.29, 0.717) is 5.82 Å². The number of aliphatic hydroxyl groups is 1. The fraction of sp³-hybridized carbons (Fsp3) is 0.433. The standard InChI is InChI=1S/C30H33F5N4O6S/c1-3-29(31,32)44-18-21-13-23(45-22-8-6-20(7-9-22)30(33,34)35)16-39(21)27-12-5-19(14-37-27)28(41)38-26(17-40)25-11-10-24(15-36-25)46(42,43)4-2/h5-12,14-15,21,23,26,40H,3-4,13,16-18H2,1-2H3,(H,38,41)/t21-,23-,26-/m0/s1. The number of pyridine rings is 2. The molecule has 1 fully saturated rings. The summed E-state index contributed by atoms with van der Waals surface area (Å²) in [5.41, 5.74) is -0.496. The molecule has 1 aliphatic rings. The van der Waals surface area contributed by atoms with Gasteiger partial charge in [0.25, 0.3) is 5.91 Å². The van der Waals surface area contributed by atoms with Gasteiger partial charge in [0.1, 0.15) is 17.7 Å². The topological polar surface area (TPSA) is 131 Å². The molecule has 1 amide bonds. The van der Waals surface area contributed by atoms with Gasteiger partial charge in [-0.25, -0.2) is 13.4 Å². The Morgan fingerprint density at radius 2 is 1.76 bits per heavy atom. The third kappa shape index (κ3) is 8.67. The van der Waals surface area contributed by atoms with Crippen molar-refractivity contribution in [1.82, 2.24) is 15.3 Å². The maximum absolute atomic E-state index is 13.9. The maximum Gasteiger partial charge on any atom is 0.416 e. The van der Waals surface area contributed by atoms with Gasteiger partial charge in [0.15, 0.2) is 9.84 Å². The molecule has 10 nitrogen and oxygen atoms in total. The van der Waals surface area contributed by atoms with Gasteiger partial charge in [0.2, 0.25) is 0 Å². The molecule has 0 radical (unpaired) electrons. The van der Waals surface area contributed by atoms with Crippen molar-refractivity contribution in [2.45, 2.75) is 62.1 Å². The van der Waals surface area contributed by atoms with Crippen LogP contribution in [0.2, 0.25) is 0 Å². The minimum atomic E-state index is -4.51. The number of carbonyl (C=O) groups is 1. The van der Waals surface area contributed by atoms with E-state index < -0.39 is 64.8 Å². The number of alkyl halides is 5. The van der Waals surface area contributed by atoms with Crippen LogP contribution in [-0.2, 0) is 20.8 Å². The Balaban J connectivity index is 1.46. The van der Waals surface area contributed by atoms with E-state index in [1.165, 1.54) is 56.4 Å². The summed E-state index contributed by atoms with van der Waals surface area (Å²) in [7, 11) is -3.48. The van der Waals surface area contributed by atoms with Gasteiger partial charge in [-0.05, 0) is 48.5 Å². The SMILES string of the molecule is CCC(F)(F)OC[C@@H]1C[C@H](Oc2ccc(C(F)(F)F)cc2)CN1c1ccc(C(=O)N[C@@H](CO)c2ccc(S(=O)(=O)CC)cn2)cn1. The van der Waals surface area contributed by atoms with Crippen molar-refractivity contribution < 1.29 is 49.7 Å². The van der Waals surface area contributed by atoms with Gasteiger partial charge in [-0.15, -0.1) is 0 Å². The van der Waals surface area contributed by atoms with E-state index in [-0.39, 0.29) is 47.2 Å². The van der Waals surface area contributed by atoms with E-state index >= 15 is 0 Å². The van der Waals surface area contributed by atoms with Crippen molar-refractivity contribution in [3.63, 3.8) is 0 Å². The van der Waals surface area contributed by atoms with Crippen LogP contribution in [0.1, 0.15) is 54.3 Å². The second kappa shape index (κ2) is 14.3. The van der Waals surface area contributed by atoms with Gasteiger partial charge in [-0.2, -0.15) is 22.0 Å². The summed E-state index contributed by atoms with van der Waals surface area (Å²) in [4.78, 5) is 23.0. The third-order valence-electron chi connectivity index (χ3n) is 7.41. The van der Waals surface area contributed by atoms with Crippen LogP contribution in [0.4, 0.5) is 27.8 Å². The Hall–Kier alpha value is -3.89. The summed E-state index contributed by atoms with van der Waals surface area (Å²) in [6, 6.07) is 8.24. The molecule has 1 aliphatic heterocycles. The van der Waals surface area contributed by atoms with Gasteiger partial charge in [-0.1, -0.05) is 13.8 Å². The quantitative estimate of drug-likeness (QED) is 0.246. The van der Waals surface area contributed by atoms with Crippen LogP contribution in [0.15, 0.2) is 65.8 Å². The van der Waals surface area contributed by atoms with E-state index in [1.807, 2.05) is 0 Å². The van der Waals surface area contributed by atoms with Gasteiger partial charge >= 0.3 is 12.3 Å². The smallest absolute Gasteiger partial charge is 0.416 e. The molecule has 2 N–H and O–H groups in total. The van der Waals surface area contributed by atoms with Gasteiger partial charge in [0, 0.05) is 25.2 Å². The number of rotatable bonds is 13. The number of ether oxygens (including phenoxy) is 2. The molecule has 3 atom stereocenters. The second-order valence-corrected chi connectivity index (χ2v) is 12.8. The number of aromatic nitrogens is 2. The molecule has 46 heavy (non-hydrogen) atoms. The van der Waals surface area contributed by atoms with Gasteiger partial charge < -0.3 is 24.8 Å². The van der Waals surface area contributed by atoms with E-state index in [4.69, 9.17) is 9.47 Å². The second-order valence-electron chi connectivity index (χ2n) is 10.5. The molecular formula is C30H33F5N4O6S. The first-order valence-electron chi connectivity index (χ1n) is 14.3. The fourth-order valence-corrected chi connectivity index (χ4v) is 5.55. The van der Waals surface area contributed by atoms with E-state index in [9.17, 15) is 40.3 Å². The number of aliphatic hydroxyl groups excluding tert-OH is 1. The van der Waals surface area contributed by atoms with Gasteiger partial charge in [0.05, 0.1) is 59.3 Å². The number of sulfone groups is 1. The molecule has 16 heteroatoms. The molecule has 4 rings (SSSR count). The highest BCUT2D eigenvalue weighted by molar-refractivity contribution is 7.91. The van der Waals surface area contributed by atoms with Crippen molar-refractivity contribution in [3.05, 3.63) is 77.7 Å². The Bertz CT molecular complexity index is 1570. The third-order valence-corrected chi connectivity index (χ3v) is 9.13. The summed E-state index contributed by atoms with van der Waals surface area (Å²) in [5, 5.41) is 12.5. The number of carbonyl (C=O) groups excluding carboxylic acids is 1. The number of benzene rings is 1. The summed E-state index contributed by atoms with van der Waals surface area (Å²) in [6.45, 7) is 2.01. The normalized spacial score (nSPS) is 18.0. The van der Waals surface area contributed by atoms with Crippen LogP contribution in [0, 0.1) is 0 Å². The van der Waals surface area contributed by atoms with E-state index in [2.05, 4.69) is 15.3 Å². The number of anilines is 1. The summed E-state index contributed by atoms with van der Waals surface area (Å²) in [5.74, 6) is -0.234. The monoisotopic (exact) mass is 672 g/mol. The lowest BCUT2D eigenvalue weighted by molar-refractivity contribution is -0.241. The molecule has 0 unspecified atom stereocenters. The number of hydrogen-bond acceptors (Lipinski definition) is 9. The highest BCUT2D eigenvalue weighted by atomic mass is 32.2. The maximum atomic E-state index is 13.9. The molecular weight excluding hydrogens is 639 g/mol. The molecule has 0 saturated carbocycles. The highest BCUT2D eigenvalue weighted by Crippen LogP contribution is 2.33. The lowest BCUT2D eigenvalue weighted by atomic mass is 10.1. The number of amides is 1. The average molecular weight is 673 g/mol. The zero-order valence-electron chi connectivity index (χ0n) is 24.9. The Kier molecular flexibility index (Phi) is 10.8. The zero-order chi connectivity index (χ0) is 33.7. The van der Waals surface area contributed by atoms with Crippen LogP contribution in [0.5, 0.6) is 5.75 Å². The summed E-state index contributed by atoms with van der Waals surface area (Å²) >= 11 is 0. The minimum Gasteiger partial charge on any atom is -0.489 e. The molecule has 2 aromatic heterocycles. The molecule has 3 heterocycles. The van der Waals surface area contributed by atoms with Crippen molar-refractivity contribution in [2.24, 2.45) is 0 Å². The van der Waals surface area contributed by atoms with Crippen LogP contribution >= 0.6 is 0 Å². The Labute approximate surface area is 262 Å². The van der Waals surface area contributed by atoms with Crippen LogP contribution in [0.3, 0.4) is 0 Å². The number of nitrogens with one attached hydrogen (secondary N) is 1. The first-order valence-corrected chi connectivity index (χ1v) is 16.0. The first kappa shape index (κ1) is 35.0. The molecule has 1 saturated heterocycles. The molecule has 0 bridgehead atoms. The highest BCUT2D eigenvalue weighted by Gasteiger charge is 2.38. The molecule has 0 aliphatic carbocycles. The number of halogens is 5. The predicted molar refractivity (Wildman–Crippen MR) is 156 cm³/mol. The van der Waals surface area contributed by atoms with Crippen LogP contribution in [0.25, 0.3) is 0 Å². The average Bonchev–Trinajstić information content (AvgIpc) is 3.45. The van der Waals surface area contributed by atoms with E-state index in [1.54, 1.807) is 4.90 Å². The van der Waals surface area contributed by atoms with Crippen molar-refractivity contribution in [1.29, 1.82) is 0 Å². The predicted octanol–water partition coefficient (Wildman–Crippen LogP) is 4.80. The lowest BCUT2D eigenvalue weighted by Gasteiger charge is -2.27. The lowest BCUT2D eigenvalue weighted by Crippen LogP contribution is -2.37. The molecule has 250 valence electrons. The van der Waals surface area contributed by atoms with E-state index in [0.717, 1.165) is 18.3 Å². The largest absolute Gasteiger partial charge is 0.489 e. The zero-order valence-corrected chi connectivity index (χ0v) is 25.7. The number of hydrogen-bond donors (Lipinski definition) is 2. The minimum absolute atomic E-state index is 0.0117. The summed E-state index contributed by atoms with van der Waals surface area (Å²) in [6.07, 6.45) is -6.40. The Morgan fingerprint density at radius 3 is 2.30 bits per heavy atom. The van der Waals surface area contributed by atoms with Crippen LogP contribution < -0.4 is 15.0 Å². The Morgan fingerprint density at radius 1 is 1.04 bits per heavy atom. The van der Waals surface area contributed by atoms with Crippen molar-refractivity contribution in [2.75, 3.05) is 30.4 Å². The summed E-state index contributed by atoms with van der Waals surface area (Å²) < 4.78 is 101. The molecule has 3 aromatic rings. The molecule has 0 spiro atoms. The van der Waals surface area contributed by atoms with Crippen molar-refractivity contribution >= 4 is 21.6 Å². The molecule has 1 aromatic carbocycles. The van der Waals surface area contributed by atoms with Crippen LogP contribution in [-0.4, -0.2) is 73.2 Å². The first-order chi connectivity index (χ1) is 21.7. The van der Waals surface area contributed by atoms with Crippen molar-refractivity contribution in [3.8, 4) is 5.75 Å². The fourth-order valence-electron chi connectivity index (χ4n) is 4.73. The van der Waals surface area contributed by atoms with Gasteiger partial charge in [-0.3, -0.25) is 9.78 Å².